The van der Waals surface area contributed by atoms with Crippen LogP contribution in [0.4, 0.5) is 10.1 Å². The zero-order chi connectivity index (χ0) is 23.8. The van der Waals surface area contributed by atoms with Gasteiger partial charge in [-0.15, -0.1) is 0 Å². The third-order valence-electron chi connectivity index (χ3n) is 4.96. The van der Waals surface area contributed by atoms with Gasteiger partial charge in [0.25, 0.3) is 0 Å². The number of halogens is 1. The van der Waals surface area contributed by atoms with E-state index in [0.717, 1.165) is 28.7 Å². The number of aryl methyl sites for hydroxylation is 2. The third kappa shape index (κ3) is 6.47. The first kappa shape index (κ1) is 24.1. The van der Waals surface area contributed by atoms with Crippen LogP contribution in [-0.2, 0) is 16.7 Å². The summed E-state index contributed by atoms with van der Waals surface area (Å²) < 4.78 is 47.2. The number of nitrogens with one attached hydrogen (secondary N) is 1. The third-order valence-corrected chi connectivity index (χ3v) is 5.81. The first-order valence-corrected chi connectivity index (χ1v) is 11.8. The van der Waals surface area contributed by atoms with Crippen LogP contribution in [0.15, 0.2) is 96.2 Å². The maximum atomic E-state index is 14.1. The number of para-hydroxylation sites is 2. The molecule has 1 N–H and O–H groups in total. The van der Waals surface area contributed by atoms with Crippen molar-refractivity contribution in [2.45, 2.75) is 25.3 Å². The number of benzene rings is 3. The molecule has 33 heavy (non-hydrogen) atoms. The molecular weight excluding hydrogens is 439 g/mol. The monoisotopic (exact) mass is 464 g/mol. The Bertz CT molecular complexity index is 1350. The predicted molar refractivity (Wildman–Crippen MR) is 128 cm³/mol. The highest BCUT2D eigenvalue weighted by Crippen LogP contribution is 2.19. The van der Waals surface area contributed by atoms with E-state index >= 15 is 0 Å². The van der Waals surface area contributed by atoms with Gasteiger partial charge in [-0.1, -0.05) is 42.0 Å². The van der Waals surface area contributed by atoms with Crippen LogP contribution in [0.25, 0.3) is 17.0 Å². The Kier molecular flexibility index (Phi) is 7.92. The molecule has 4 rings (SSSR count). The molecule has 0 fully saturated rings. The molecule has 0 spiro atoms. The number of aromatic nitrogens is 1. The van der Waals surface area contributed by atoms with Crippen molar-refractivity contribution in [2.75, 3.05) is 5.32 Å². The molecule has 0 aliphatic rings. The smallest absolute Gasteiger partial charge is 0.249 e. The Labute approximate surface area is 193 Å². The van der Waals surface area contributed by atoms with Gasteiger partial charge in [0.15, 0.2) is 12.0 Å². The molecular formula is C26H25FN2O3S. The van der Waals surface area contributed by atoms with Crippen LogP contribution in [-0.4, -0.2) is 13.0 Å². The zero-order valence-electron chi connectivity index (χ0n) is 18.4. The van der Waals surface area contributed by atoms with Gasteiger partial charge in [0.1, 0.15) is 16.7 Å². The number of rotatable bonds is 5. The molecule has 0 unspecified atom stereocenters. The minimum atomic E-state index is -4.27. The van der Waals surface area contributed by atoms with Gasteiger partial charge in [-0.25, -0.2) is 8.42 Å². The van der Waals surface area contributed by atoms with Crippen molar-refractivity contribution >= 4 is 32.8 Å². The lowest BCUT2D eigenvalue weighted by Gasteiger charge is -2.05. The summed E-state index contributed by atoms with van der Waals surface area (Å²) in [6.45, 7) is 4.57. The van der Waals surface area contributed by atoms with E-state index in [1.807, 2.05) is 79.4 Å². The zero-order valence-corrected chi connectivity index (χ0v) is 19.2. The molecule has 0 saturated carbocycles. The van der Waals surface area contributed by atoms with E-state index in [1.54, 1.807) is 18.2 Å². The van der Waals surface area contributed by atoms with E-state index in [1.165, 1.54) is 18.2 Å². The maximum Gasteiger partial charge on any atom is 0.249 e. The van der Waals surface area contributed by atoms with Crippen LogP contribution in [0, 0.1) is 12.7 Å². The molecule has 7 heteroatoms. The van der Waals surface area contributed by atoms with Crippen molar-refractivity contribution in [1.82, 2.24) is 0 Å². The van der Waals surface area contributed by atoms with Gasteiger partial charge in [0.05, 0.1) is 10.3 Å². The second-order valence-corrected chi connectivity index (χ2v) is 8.68. The molecule has 1 heterocycles. The van der Waals surface area contributed by atoms with Gasteiger partial charge in [0.2, 0.25) is 5.52 Å². The maximum absolute atomic E-state index is 14.1. The summed E-state index contributed by atoms with van der Waals surface area (Å²) in [5, 5.41) is 4.13. The van der Waals surface area contributed by atoms with Crippen molar-refractivity contribution < 1.29 is 21.9 Å². The van der Waals surface area contributed by atoms with Crippen molar-refractivity contribution in [3.63, 3.8) is 0 Å². The average molecular weight is 465 g/mol. The second kappa shape index (κ2) is 10.8. The Morgan fingerprint density at radius 1 is 0.970 bits per heavy atom. The molecule has 0 saturated heterocycles. The van der Waals surface area contributed by atoms with Crippen molar-refractivity contribution in [3.05, 3.63) is 108 Å². The van der Waals surface area contributed by atoms with Crippen LogP contribution in [0.3, 0.4) is 0 Å². The summed E-state index contributed by atoms with van der Waals surface area (Å²) >= 11 is 0. The van der Waals surface area contributed by atoms with Gasteiger partial charge < -0.3 is 9.87 Å². The molecule has 0 aliphatic carbocycles. The van der Waals surface area contributed by atoms with Crippen molar-refractivity contribution in [3.8, 4) is 0 Å². The topological polar surface area (TPSA) is 73.1 Å². The van der Waals surface area contributed by atoms with E-state index in [4.69, 9.17) is 0 Å². The molecule has 3 aromatic carbocycles. The van der Waals surface area contributed by atoms with Crippen LogP contribution >= 0.6 is 0 Å². The minimum absolute atomic E-state index is 0.178. The predicted octanol–water partition coefficient (Wildman–Crippen LogP) is 5.27. The van der Waals surface area contributed by atoms with E-state index < -0.39 is 10.1 Å². The first-order chi connectivity index (χ1) is 15.8. The summed E-state index contributed by atoms with van der Waals surface area (Å²) in [4.78, 5) is -0.178. The van der Waals surface area contributed by atoms with E-state index in [-0.39, 0.29) is 10.7 Å². The Balaban J connectivity index is 0.000000235. The highest BCUT2D eigenvalue weighted by atomic mass is 32.2. The molecule has 0 atom stereocenters. The number of nitrogens with zero attached hydrogens (tertiary/aromatic N) is 1. The van der Waals surface area contributed by atoms with Gasteiger partial charge in [0, 0.05) is 18.0 Å². The Hall–Kier alpha value is -3.55. The molecule has 0 aliphatic heterocycles. The lowest BCUT2D eigenvalue weighted by molar-refractivity contribution is -0.668. The van der Waals surface area contributed by atoms with E-state index in [2.05, 4.69) is 5.32 Å². The normalized spacial score (nSPS) is 11.3. The highest BCUT2D eigenvalue weighted by Gasteiger charge is 2.14. The minimum Gasteiger partial charge on any atom is -0.744 e. The van der Waals surface area contributed by atoms with Crippen molar-refractivity contribution in [1.29, 1.82) is 0 Å². The molecule has 4 aromatic rings. The molecule has 5 nitrogen and oxygen atoms in total. The Morgan fingerprint density at radius 3 is 2.30 bits per heavy atom. The Morgan fingerprint density at radius 2 is 1.67 bits per heavy atom. The number of pyridine rings is 1. The molecule has 0 amide bonds. The van der Waals surface area contributed by atoms with Gasteiger partial charge in [-0.05, 0) is 61.9 Å². The number of hydrogen-bond donors (Lipinski definition) is 1. The number of fused-ring (bicyclic) bond motifs is 1. The summed E-state index contributed by atoms with van der Waals surface area (Å²) in [6.07, 6.45) is 5.77. The highest BCUT2D eigenvalue weighted by molar-refractivity contribution is 7.85. The summed E-state index contributed by atoms with van der Waals surface area (Å²) in [6, 6.07) is 22.9. The largest absolute Gasteiger partial charge is 0.744 e. The van der Waals surface area contributed by atoms with Crippen LogP contribution in [0.5, 0.6) is 0 Å². The van der Waals surface area contributed by atoms with E-state index in [0.29, 0.717) is 5.52 Å². The van der Waals surface area contributed by atoms with Gasteiger partial charge in [-0.3, -0.25) is 0 Å². The summed E-state index contributed by atoms with van der Waals surface area (Å²) in [5.41, 5.74) is 3.58. The molecule has 170 valence electrons. The van der Waals surface area contributed by atoms with Crippen LogP contribution in [0.1, 0.15) is 18.1 Å². The second-order valence-electron chi connectivity index (χ2n) is 7.30. The molecule has 0 radical (unpaired) electrons. The van der Waals surface area contributed by atoms with Crippen LogP contribution < -0.4 is 9.88 Å². The van der Waals surface area contributed by atoms with E-state index in [9.17, 15) is 17.4 Å². The van der Waals surface area contributed by atoms with Gasteiger partial charge in [-0.2, -0.15) is 8.96 Å². The standard InChI is InChI=1S/C19H17FN2.C7H8O3S/c1-2-22-14-12-15(17-9-6-10-18(20)19(17)22)11-13-21-16-7-4-3-5-8-16;1-6-2-4-7(5-3-6)11(8,9)10/h3-14H,2H2,1H3;2-5H,1H3,(H,8,9,10). The summed E-state index contributed by atoms with van der Waals surface area (Å²) in [7, 11) is -4.27. The fraction of sp³-hybridized carbons (Fsp3) is 0.115. The number of hydrogen-bond acceptors (Lipinski definition) is 4. The summed E-state index contributed by atoms with van der Waals surface area (Å²) in [5.74, 6) is -0.189. The van der Waals surface area contributed by atoms with Crippen molar-refractivity contribution in [2.24, 2.45) is 0 Å². The first-order valence-electron chi connectivity index (χ1n) is 10.4. The lowest BCUT2D eigenvalue weighted by atomic mass is 10.1. The SMILES string of the molecule is CC[n+]1ccc(C=CNc2ccccc2)c2cccc(F)c21.Cc1ccc(S(=O)(=O)[O-])cc1. The lowest BCUT2D eigenvalue weighted by Crippen LogP contribution is -2.33. The van der Waals surface area contributed by atoms with Crippen LogP contribution in [0.2, 0.25) is 0 Å². The molecule has 1 aromatic heterocycles. The fourth-order valence-corrected chi connectivity index (χ4v) is 3.72. The molecule has 0 bridgehead atoms. The fourth-order valence-electron chi connectivity index (χ4n) is 3.25. The average Bonchev–Trinajstić information content (AvgIpc) is 2.80. The van der Waals surface area contributed by atoms with Gasteiger partial charge >= 0.3 is 0 Å². The number of anilines is 1. The quantitative estimate of drug-likeness (QED) is 0.323.